The first-order chi connectivity index (χ1) is 16.9. The van der Waals surface area contributed by atoms with Gasteiger partial charge in [0.25, 0.3) is 0 Å². The summed E-state index contributed by atoms with van der Waals surface area (Å²) in [6.45, 7) is 12.9. The van der Waals surface area contributed by atoms with Crippen molar-refractivity contribution in [3.63, 3.8) is 0 Å². The molecule has 0 aromatic heterocycles. The third-order valence-corrected chi connectivity index (χ3v) is 11.4. The van der Waals surface area contributed by atoms with E-state index in [2.05, 4.69) is 13.0 Å². The molecule has 4 aliphatic rings. The van der Waals surface area contributed by atoms with Crippen LogP contribution in [0.15, 0.2) is 23.3 Å². The summed E-state index contributed by atoms with van der Waals surface area (Å²) >= 11 is 0. The largest absolute Gasteiger partial charge is 0.393 e. The number of rotatable bonds is 5. The SMILES string of the molecule is C/C(=C\C(O)C[C@](C)(O)[C@H]1[C@H](O)C[C@@]2(C)[C@@H]3CC=C4[C@H](C[C@H](O)C(=O)C4(C)C)[C@]3(C)C(=O)C[C@]12C)CO. The normalized spacial score (nSPS) is 45.9. The van der Waals surface area contributed by atoms with Gasteiger partial charge in [0.15, 0.2) is 5.78 Å². The minimum absolute atomic E-state index is 0.0248. The Morgan fingerprint density at radius 1 is 1.16 bits per heavy atom. The summed E-state index contributed by atoms with van der Waals surface area (Å²) in [6.07, 6.45) is 2.03. The van der Waals surface area contributed by atoms with Gasteiger partial charge in [0.2, 0.25) is 0 Å². The highest BCUT2D eigenvalue weighted by Crippen LogP contribution is 2.74. The van der Waals surface area contributed by atoms with E-state index in [-0.39, 0.29) is 49.3 Å². The summed E-state index contributed by atoms with van der Waals surface area (Å²) in [7, 11) is 0. The first kappa shape index (κ1) is 28.6. The van der Waals surface area contributed by atoms with Gasteiger partial charge in [0.05, 0.1) is 24.4 Å². The van der Waals surface area contributed by atoms with Crippen molar-refractivity contribution >= 4 is 11.6 Å². The Hall–Kier alpha value is -1.38. The zero-order chi connectivity index (χ0) is 27.9. The fourth-order valence-corrected chi connectivity index (χ4v) is 9.49. The van der Waals surface area contributed by atoms with Gasteiger partial charge in [-0.3, -0.25) is 9.59 Å². The highest BCUT2D eigenvalue weighted by atomic mass is 16.3. The van der Waals surface area contributed by atoms with Crippen LogP contribution < -0.4 is 0 Å². The van der Waals surface area contributed by atoms with E-state index in [9.17, 15) is 35.1 Å². The molecule has 0 aliphatic heterocycles. The van der Waals surface area contributed by atoms with Crippen molar-refractivity contribution in [2.75, 3.05) is 6.61 Å². The quantitative estimate of drug-likeness (QED) is 0.353. The Morgan fingerprint density at radius 2 is 1.78 bits per heavy atom. The highest BCUT2D eigenvalue weighted by molar-refractivity contribution is 5.94. The number of hydrogen-bond acceptors (Lipinski definition) is 7. The lowest BCUT2D eigenvalue weighted by Crippen LogP contribution is -2.65. The number of ketones is 2. The summed E-state index contributed by atoms with van der Waals surface area (Å²) in [6, 6.07) is 0. The molecule has 10 atom stereocenters. The van der Waals surface area contributed by atoms with Crippen molar-refractivity contribution in [2.45, 2.75) is 104 Å². The molecular formula is C30H46O7. The van der Waals surface area contributed by atoms with Gasteiger partial charge in [0.1, 0.15) is 11.9 Å². The van der Waals surface area contributed by atoms with Crippen LogP contribution >= 0.6 is 0 Å². The van der Waals surface area contributed by atoms with Crippen LogP contribution in [-0.2, 0) is 9.59 Å². The summed E-state index contributed by atoms with van der Waals surface area (Å²) in [5, 5.41) is 53.8. The fraction of sp³-hybridized carbons (Fsp3) is 0.800. The number of carbonyl (C=O) groups excluding carboxylic acids is 2. The van der Waals surface area contributed by atoms with E-state index in [0.717, 1.165) is 5.57 Å². The number of fused-ring (bicyclic) bond motifs is 5. The van der Waals surface area contributed by atoms with Gasteiger partial charge in [-0.15, -0.1) is 0 Å². The van der Waals surface area contributed by atoms with Gasteiger partial charge in [0, 0.05) is 29.6 Å². The average Bonchev–Trinajstić information content (AvgIpc) is 2.97. The summed E-state index contributed by atoms with van der Waals surface area (Å²) < 4.78 is 0. The van der Waals surface area contributed by atoms with Crippen molar-refractivity contribution in [1.29, 1.82) is 0 Å². The minimum atomic E-state index is -1.46. The van der Waals surface area contributed by atoms with E-state index in [0.29, 0.717) is 18.4 Å². The summed E-state index contributed by atoms with van der Waals surface area (Å²) in [4.78, 5) is 27.1. The van der Waals surface area contributed by atoms with Crippen LogP contribution in [0.5, 0.6) is 0 Å². The summed E-state index contributed by atoms with van der Waals surface area (Å²) in [5.74, 6) is -1.18. The number of allylic oxidation sites excluding steroid dienone is 2. The monoisotopic (exact) mass is 518 g/mol. The van der Waals surface area contributed by atoms with Gasteiger partial charge < -0.3 is 25.5 Å². The van der Waals surface area contributed by atoms with Crippen molar-refractivity contribution in [2.24, 2.45) is 39.4 Å². The number of carbonyl (C=O) groups is 2. The van der Waals surface area contributed by atoms with Crippen LogP contribution in [0.25, 0.3) is 0 Å². The van der Waals surface area contributed by atoms with E-state index in [1.165, 1.54) is 6.08 Å². The molecule has 0 radical (unpaired) electrons. The molecule has 0 amide bonds. The molecule has 1 unspecified atom stereocenters. The van der Waals surface area contributed by atoms with Crippen LogP contribution in [0.3, 0.4) is 0 Å². The topological polar surface area (TPSA) is 135 Å². The molecule has 37 heavy (non-hydrogen) atoms. The molecule has 4 rings (SSSR count). The third-order valence-electron chi connectivity index (χ3n) is 11.4. The second kappa shape index (κ2) is 8.82. The maximum atomic E-state index is 14.2. The minimum Gasteiger partial charge on any atom is -0.393 e. The smallest absolute Gasteiger partial charge is 0.170 e. The third kappa shape index (κ3) is 3.87. The zero-order valence-corrected chi connectivity index (χ0v) is 23.4. The predicted molar refractivity (Wildman–Crippen MR) is 139 cm³/mol. The standard InChI is InChI=1S/C30H46O7/c1-16(15-31)10-17(32)12-29(6,37)24-21(34)13-27(4)22-9-8-18-19(11-20(33)25(36)26(18,2)3)30(22,7)23(35)14-28(24,27)5/h8,10,17,19-22,24,31-34,37H,9,11-15H2,1-7H3/b16-10+/t17?,19-,20-,21+,22-,24-,27-,28+,29-,30-/m0/s1. The Kier molecular flexibility index (Phi) is 6.82. The van der Waals surface area contributed by atoms with E-state index in [1.807, 2.05) is 27.7 Å². The van der Waals surface area contributed by atoms with Crippen molar-refractivity contribution in [1.82, 2.24) is 0 Å². The highest BCUT2D eigenvalue weighted by Gasteiger charge is 2.74. The van der Waals surface area contributed by atoms with Crippen LogP contribution in [0, 0.1) is 39.4 Å². The van der Waals surface area contributed by atoms with Crippen LogP contribution in [0.4, 0.5) is 0 Å². The van der Waals surface area contributed by atoms with E-state index in [4.69, 9.17) is 0 Å². The maximum Gasteiger partial charge on any atom is 0.170 e. The molecule has 0 saturated heterocycles. The lowest BCUT2D eigenvalue weighted by atomic mass is 9.38. The summed E-state index contributed by atoms with van der Waals surface area (Å²) in [5.41, 5.74) is -2.78. The molecule has 0 aromatic carbocycles. The molecule has 208 valence electrons. The van der Waals surface area contributed by atoms with Crippen molar-refractivity contribution < 1.29 is 35.1 Å². The van der Waals surface area contributed by atoms with Gasteiger partial charge in [-0.05, 0) is 75.2 Å². The fourth-order valence-electron chi connectivity index (χ4n) is 9.49. The molecule has 0 aromatic rings. The van der Waals surface area contributed by atoms with Crippen LogP contribution in [0.2, 0.25) is 0 Å². The Morgan fingerprint density at radius 3 is 2.38 bits per heavy atom. The maximum absolute atomic E-state index is 14.2. The molecule has 0 bridgehead atoms. The zero-order valence-electron chi connectivity index (χ0n) is 23.4. The number of aliphatic hydroxyl groups excluding tert-OH is 4. The average molecular weight is 519 g/mol. The van der Waals surface area contributed by atoms with Crippen molar-refractivity contribution in [3.05, 3.63) is 23.3 Å². The Balaban J connectivity index is 1.76. The van der Waals surface area contributed by atoms with Gasteiger partial charge in [-0.1, -0.05) is 38.5 Å². The second-order valence-corrected chi connectivity index (χ2v) is 14.0. The van der Waals surface area contributed by atoms with Gasteiger partial charge >= 0.3 is 0 Å². The van der Waals surface area contributed by atoms with Crippen LogP contribution in [-0.4, -0.2) is 67.6 Å². The number of aliphatic hydroxyl groups is 5. The molecule has 3 fully saturated rings. The van der Waals surface area contributed by atoms with Crippen LogP contribution in [0.1, 0.15) is 80.6 Å². The number of hydrogen-bond donors (Lipinski definition) is 5. The van der Waals surface area contributed by atoms with E-state index >= 15 is 0 Å². The van der Waals surface area contributed by atoms with Gasteiger partial charge in [-0.25, -0.2) is 0 Å². The lowest BCUT2D eigenvalue weighted by Gasteiger charge is -2.64. The first-order valence-electron chi connectivity index (χ1n) is 13.7. The molecule has 4 aliphatic carbocycles. The molecule has 7 heteroatoms. The molecule has 0 heterocycles. The molecule has 0 spiro atoms. The predicted octanol–water partition coefficient (Wildman–Crippen LogP) is 2.72. The Labute approximate surface area is 220 Å². The van der Waals surface area contributed by atoms with Crippen molar-refractivity contribution in [3.8, 4) is 0 Å². The van der Waals surface area contributed by atoms with E-state index in [1.54, 1.807) is 13.8 Å². The molecule has 7 nitrogen and oxygen atoms in total. The molecular weight excluding hydrogens is 472 g/mol. The molecule has 5 N–H and O–H groups in total. The van der Waals surface area contributed by atoms with E-state index < -0.39 is 51.5 Å². The first-order valence-corrected chi connectivity index (χ1v) is 13.7. The van der Waals surface area contributed by atoms with Gasteiger partial charge in [-0.2, -0.15) is 0 Å². The lowest BCUT2D eigenvalue weighted by molar-refractivity contribution is -0.184. The number of Topliss-reactive ketones (excluding diaryl/α,β-unsaturated/α-hetero) is 2. The molecule has 3 saturated carbocycles. The Bertz CT molecular complexity index is 1040. The second-order valence-electron chi connectivity index (χ2n) is 14.0.